The zero-order valence-corrected chi connectivity index (χ0v) is 10.9. The molecule has 3 nitrogen and oxygen atoms in total. The van der Waals surface area contributed by atoms with Crippen molar-refractivity contribution in [1.29, 1.82) is 0 Å². The fourth-order valence-corrected chi connectivity index (χ4v) is 2.03. The minimum Gasteiger partial charge on any atom is -0.349 e. The van der Waals surface area contributed by atoms with E-state index in [2.05, 4.69) is 52.5 Å². The standard InChI is InChI=1S/C15H21N3/c1-13(14-7-3-2-4-8-14)16-10-6-5-9-15-17-11-12-18-15/h2-4,7-8,11-13,16H,5-6,9-10H2,1H3,(H,17,18)/t13-/m0/s1. The maximum Gasteiger partial charge on any atom is 0.105 e. The van der Waals surface area contributed by atoms with Gasteiger partial charge in [0.05, 0.1) is 0 Å². The average Bonchev–Trinajstić information content (AvgIpc) is 2.92. The van der Waals surface area contributed by atoms with Crippen LogP contribution in [0.5, 0.6) is 0 Å². The molecular formula is C15H21N3. The van der Waals surface area contributed by atoms with E-state index in [-0.39, 0.29) is 0 Å². The molecule has 0 bridgehead atoms. The number of nitrogens with zero attached hydrogens (tertiary/aromatic N) is 1. The van der Waals surface area contributed by atoms with Crippen LogP contribution in [-0.4, -0.2) is 16.5 Å². The summed E-state index contributed by atoms with van der Waals surface area (Å²) in [5, 5.41) is 3.55. The van der Waals surface area contributed by atoms with Crippen LogP contribution in [0.15, 0.2) is 42.7 Å². The van der Waals surface area contributed by atoms with Crippen molar-refractivity contribution >= 4 is 0 Å². The number of aryl methyl sites for hydroxylation is 1. The Balaban J connectivity index is 1.61. The van der Waals surface area contributed by atoms with Crippen LogP contribution in [0.2, 0.25) is 0 Å². The smallest absolute Gasteiger partial charge is 0.105 e. The SMILES string of the molecule is C[C@H](NCCCCc1ncc[nH]1)c1ccccc1. The van der Waals surface area contributed by atoms with E-state index >= 15 is 0 Å². The van der Waals surface area contributed by atoms with E-state index in [9.17, 15) is 0 Å². The lowest BCUT2D eigenvalue weighted by atomic mass is 10.1. The number of aromatic amines is 1. The van der Waals surface area contributed by atoms with Crippen LogP contribution < -0.4 is 5.32 Å². The molecule has 3 heteroatoms. The van der Waals surface area contributed by atoms with E-state index < -0.39 is 0 Å². The molecule has 0 aliphatic carbocycles. The first-order valence-corrected chi connectivity index (χ1v) is 6.63. The molecular weight excluding hydrogens is 222 g/mol. The first-order chi connectivity index (χ1) is 8.86. The molecule has 0 spiro atoms. The van der Waals surface area contributed by atoms with Crippen molar-refractivity contribution in [2.75, 3.05) is 6.54 Å². The van der Waals surface area contributed by atoms with E-state index in [1.54, 1.807) is 0 Å². The van der Waals surface area contributed by atoms with E-state index in [1.807, 2.05) is 12.4 Å². The zero-order chi connectivity index (χ0) is 12.6. The average molecular weight is 243 g/mol. The van der Waals surface area contributed by atoms with E-state index in [0.29, 0.717) is 6.04 Å². The van der Waals surface area contributed by atoms with Gasteiger partial charge in [-0.05, 0) is 31.9 Å². The van der Waals surface area contributed by atoms with Gasteiger partial charge in [0.2, 0.25) is 0 Å². The molecule has 18 heavy (non-hydrogen) atoms. The lowest BCUT2D eigenvalue weighted by molar-refractivity contribution is 0.544. The summed E-state index contributed by atoms with van der Waals surface area (Å²) in [6.07, 6.45) is 7.07. The van der Waals surface area contributed by atoms with E-state index in [1.165, 1.54) is 18.4 Å². The topological polar surface area (TPSA) is 40.7 Å². The van der Waals surface area contributed by atoms with Crippen molar-refractivity contribution in [2.24, 2.45) is 0 Å². The molecule has 2 aromatic rings. The maximum absolute atomic E-state index is 4.22. The van der Waals surface area contributed by atoms with Gasteiger partial charge in [0, 0.05) is 24.9 Å². The van der Waals surface area contributed by atoms with Crippen molar-refractivity contribution in [1.82, 2.24) is 15.3 Å². The van der Waals surface area contributed by atoms with Crippen LogP contribution in [0.25, 0.3) is 0 Å². The van der Waals surface area contributed by atoms with Gasteiger partial charge in [0.25, 0.3) is 0 Å². The highest BCUT2D eigenvalue weighted by Gasteiger charge is 2.02. The molecule has 1 aromatic heterocycles. The highest BCUT2D eigenvalue weighted by Crippen LogP contribution is 2.11. The normalized spacial score (nSPS) is 12.5. The van der Waals surface area contributed by atoms with E-state index in [4.69, 9.17) is 0 Å². The third kappa shape index (κ3) is 4.00. The Morgan fingerprint density at radius 1 is 1.22 bits per heavy atom. The van der Waals surface area contributed by atoms with Gasteiger partial charge in [-0.1, -0.05) is 30.3 Å². The third-order valence-electron chi connectivity index (χ3n) is 3.15. The lowest BCUT2D eigenvalue weighted by Gasteiger charge is -2.13. The number of rotatable bonds is 7. The Hall–Kier alpha value is -1.61. The molecule has 96 valence electrons. The summed E-state index contributed by atoms with van der Waals surface area (Å²) < 4.78 is 0. The van der Waals surface area contributed by atoms with Gasteiger partial charge in [-0.25, -0.2) is 4.98 Å². The molecule has 1 heterocycles. The van der Waals surface area contributed by atoms with Crippen LogP contribution in [0, 0.1) is 0 Å². The van der Waals surface area contributed by atoms with Gasteiger partial charge in [-0.2, -0.15) is 0 Å². The summed E-state index contributed by atoms with van der Waals surface area (Å²) >= 11 is 0. The third-order valence-corrected chi connectivity index (χ3v) is 3.15. The highest BCUT2D eigenvalue weighted by atomic mass is 14.9. The summed E-state index contributed by atoms with van der Waals surface area (Å²) in [5.41, 5.74) is 1.35. The largest absolute Gasteiger partial charge is 0.349 e. The number of H-pyrrole nitrogens is 1. The van der Waals surface area contributed by atoms with Gasteiger partial charge < -0.3 is 10.3 Å². The van der Waals surface area contributed by atoms with Crippen molar-refractivity contribution in [3.63, 3.8) is 0 Å². The van der Waals surface area contributed by atoms with Crippen molar-refractivity contribution in [3.05, 3.63) is 54.1 Å². The number of nitrogens with one attached hydrogen (secondary N) is 2. The number of hydrogen-bond acceptors (Lipinski definition) is 2. The number of imidazole rings is 1. The van der Waals surface area contributed by atoms with Gasteiger partial charge in [-0.15, -0.1) is 0 Å². The van der Waals surface area contributed by atoms with Gasteiger partial charge in [-0.3, -0.25) is 0 Å². The minimum atomic E-state index is 0.426. The molecule has 1 aromatic carbocycles. The molecule has 0 saturated heterocycles. The van der Waals surface area contributed by atoms with E-state index in [0.717, 1.165) is 18.8 Å². The van der Waals surface area contributed by atoms with Crippen LogP contribution in [0.4, 0.5) is 0 Å². The number of hydrogen-bond donors (Lipinski definition) is 2. The van der Waals surface area contributed by atoms with Gasteiger partial charge in [0.15, 0.2) is 0 Å². The Morgan fingerprint density at radius 3 is 2.78 bits per heavy atom. The summed E-state index contributed by atoms with van der Waals surface area (Å²) in [4.78, 5) is 7.35. The zero-order valence-electron chi connectivity index (χ0n) is 10.9. The number of benzene rings is 1. The Kier molecular flexibility index (Phi) is 4.97. The summed E-state index contributed by atoms with van der Waals surface area (Å²) in [6, 6.07) is 11.0. The quantitative estimate of drug-likeness (QED) is 0.734. The molecule has 0 aliphatic heterocycles. The minimum absolute atomic E-state index is 0.426. The number of unbranched alkanes of at least 4 members (excludes halogenated alkanes) is 1. The molecule has 0 saturated carbocycles. The Morgan fingerprint density at radius 2 is 2.06 bits per heavy atom. The predicted octanol–water partition coefficient (Wildman–Crippen LogP) is 3.08. The molecule has 0 aliphatic rings. The van der Waals surface area contributed by atoms with Crippen molar-refractivity contribution in [2.45, 2.75) is 32.2 Å². The second-order valence-electron chi connectivity index (χ2n) is 4.58. The first kappa shape index (κ1) is 12.8. The number of aromatic nitrogens is 2. The van der Waals surface area contributed by atoms with Crippen LogP contribution in [0.3, 0.4) is 0 Å². The second kappa shape index (κ2) is 6.97. The predicted molar refractivity (Wildman–Crippen MR) is 74.4 cm³/mol. The van der Waals surface area contributed by atoms with Crippen molar-refractivity contribution < 1.29 is 0 Å². The van der Waals surface area contributed by atoms with Crippen LogP contribution >= 0.6 is 0 Å². The first-order valence-electron chi connectivity index (χ1n) is 6.63. The molecule has 0 amide bonds. The molecule has 1 atom stereocenters. The Labute approximate surface area is 109 Å². The molecule has 2 N–H and O–H groups in total. The fourth-order valence-electron chi connectivity index (χ4n) is 2.03. The highest BCUT2D eigenvalue weighted by molar-refractivity contribution is 5.17. The monoisotopic (exact) mass is 243 g/mol. The van der Waals surface area contributed by atoms with Gasteiger partial charge in [0.1, 0.15) is 5.82 Å². The molecule has 0 unspecified atom stereocenters. The summed E-state index contributed by atoms with van der Waals surface area (Å²) in [5.74, 6) is 1.09. The molecule has 2 rings (SSSR count). The lowest BCUT2D eigenvalue weighted by Crippen LogP contribution is -2.19. The van der Waals surface area contributed by atoms with Crippen LogP contribution in [-0.2, 0) is 6.42 Å². The second-order valence-corrected chi connectivity index (χ2v) is 4.58. The molecule has 0 radical (unpaired) electrons. The summed E-state index contributed by atoms with van der Waals surface area (Å²) in [6.45, 7) is 3.26. The van der Waals surface area contributed by atoms with Crippen LogP contribution in [0.1, 0.15) is 37.2 Å². The fraction of sp³-hybridized carbons (Fsp3) is 0.400. The molecule has 0 fully saturated rings. The maximum atomic E-state index is 4.22. The van der Waals surface area contributed by atoms with Crippen molar-refractivity contribution in [3.8, 4) is 0 Å². The van der Waals surface area contributed by atoms with Gasteiger partial charge >= 0.3 is 0 Å². The Bertz CT molecular complexity index is 422. The summed E-state index contributed by atoms with van der Waals surface area (Å²) in [7, 11) is 0.